The number of amides is 2. The van der Waals surface area contributed by atoms with Gasteiger partial charge < -0.3 is 30.0 Å². The minimum atomic E-state index is -0.631. The third-order valence-corrected chi connectivity index (χ3v) is 6.18. The number of carbonyl (C=O) groups excluding carboxylic acids is 2. The van der Waals surface area contributed by atoms with Crippen LogP contribution in [-0.4, -0.2) is 45.3 Å². The van der Waals surface area contributed by atoms with E-state index in [1.54, 1.807) is 42.5 Å². The molecule has 0 bridgehead atoms. The number of hydrogen-bond donors (Lipinski definition) is 3. The van der Waals surface area contributed by atoms with Gasteiger partial charge in [-0.3, -0.25) is 9.59 Å². The minimum Gasteiger partial charge on any atom is -0.505 e. The van der Waals surface area contributed by atoms with Gasteiger partial charge in [0, 0.05) is 24.1 Å². The van der Waals surface area contributed by atoms with Crippen molar-refractivity contribution < 1.29 is 28.9 Å². The summed E-state index contributed by atoms with van der Waals surface area (Å²) in [6, 6.07) is 16.4. The van der Waals surface area contributed by atoms with Crippen LogP contribution >= 0.6 is 11.6 Å². The lowest BCUT2D eigenvalue weighted by molar-refractivity contribution is 0.0962. The third-order valence-electron chi connectivity index (χ3n) is 5.89. The summed E-state index contributed by atoms with van der Waals surface area (Å²) in [6.45, 7) is 0. The molecule has 0 aliphatic rings. The van der Waals surface area contributed by atoms with Gasteiger partial charge >= 0.3 is 0 Å². The second-order valence-corrected chi connectivity index (χ2v) is 8.56. The molecule has 10 nitrogen and oxygen atoms in total. The molecule has 0 atom stereocenters. The largest absolute Gasteiger partial charge is 0.505 e. The van der Waals surface area contributed by atoms with Crippen LogP contribution in [0.1, 0.15) is 20.7 Å². The lowest BCUT2D eigenvalue weighted by Gasteiger charge is -2.15. The average molecular weight is 549 g/mol. The van der Waals surface area contributed by atoms with E-state index in [-0.39, 0.29) is 33.6 Å². The van der Waals surface area contributed by atoms with Gasteiger partial charge in [-0.2, -0.15) is 0 Å². The predicted molar refractivity (Wildman–Crippen MR) is 149 cm³/mol. The van der Waals surface area contributed by atoms with Gasteiger partial charge in [0.05, 0.1) is 37.6 Å². The highest BCUT2D eigenvalue weighted by Gasteiger charge is 2.21. The number of phenolic OH excluding ortho intramolecular Hbond substituents is 1. The number of ether oxygens (including phenoxy) is 3. The number of hydrogen-bond acceptors (Lipinski definition) is 8. The number of halogens is 1. The number of benzene rings is 4. The van der Waals surface area contributed by atoms with E-state index < -0.39 is 11.7 Å². The number of anilines is 1. The first-order valence-electron chi connectivity index (χ1n) is 11.6. The molecule has 0 spiro atoms. The number of nitrogens with zero attached hydrogens (tertiary/aromatic N) is 2. The summed E-state index contributed by atoms with van der Waals surface area (Å²) in [5.41, 5.74) is 0.893. The summed E-state index contributed by atoms with van der Waals surface area (Å²) in [5.74, 6) is -0.280. The fourth-order valence-corrected chi connectivity index (χ4v) is 4.14. The summed E-state index contributed by atoms with van der Waals surface area (Å²) >= 11 is 6.24. The zero-order valence-corrected chi connectivity index (χ0v) is 22.3. The Morgan fingerprint density at radius 3 is 2.26 bits per heavy atom. The maximum Gasteiger partial charge on any atom is 0.259 e. The SMILES string of the molecule is CNC(=O)c1ccc(OC)c(N=Nc2c(O)c(C(=O)Nc3cc(Cl)c(OC)cc3OC)cc3ccccc23)c1. The fraction of sp³-hybridized carbons (Fsp3) is 0.143. The molecular formula is C28H25ClN4O6. The maximum absolute atomic E-state index is 13.4. The van der Waals surface area contributed by atoms with E-state index in [9.17, 15) is 14.7 Å². The number of methoxy groups -OCH3 is 3. The van der Waals surface area contributed by atoms with E-state index in [1.165, 1.54) is 46.6 Å². The topological polar surface area (TPSA) is 131 Å². The van der Waals surface area contributed by atoms with Crippen LogP contribution in [-0.2, 0) is 0 Å². The first-order valence-corrected chi connectivity index (χ1v) is 12.0. The molecule has 4 aromatic carbocycles. The Hall–Kier alpha value is -4.83. The van der Waals surface area contributed by atoms with Crippen molar-refractivity contribution in [1.82, 2.24) is 5.32 Å². The van der Waals surface area contributed by atoms with E-state index in [1.807, 2.05) is 0 Å². The number of aromatic hydroxyl groups is 1. The highest BCUT2D eigenvalue weighted by molar-refractivity contribution is 6.32. The summed E-state index contributed by atoms with van der Waals surface area (Å²) in [4.78, 5) is 25.5. The van der Waals surface area contributed by atoms with E-state index in [2.05, 4.69) is 20.9 Å². The molecule has 0 aliphatic heterocycles. The Morgan fingerprint density at radius 2 is 1.56 bits per heavy atom. The van der Waals surface area contributed by atoms with Gasteiger partial charge in [0.25, 0.3) is 11.8 Å². The Kier molecular flexibility index (Phi) is 8.16. The van der Waals surface area contributed by atoms with Gasteiger partial charge in [-0.15, -0.1) is 10.2 Å². The first kappa shape index (κ1) is 27.2. The van der Waals surface area contributed by atoms with Crippen molar-refractivity contribution in [3.05, 3.63) is 76.8 Å². The van der Waals surface area contributed by atoms with Gasteiger partial charge in [0.1, 0.15) is 28.6 Å². The Balaban J connectivity index is 1.79. The molecule has 0 heterocycles. The monoisotopic (exact) mass is 548 g/mol. The summed E-state index contributed by atoms with van der Waals surface area (Å²) in [5, 5.41) is 26.5. The smallest absolute Gasteiger partial charge is 0.259 e. The molecule has 0 unspecified atom stereocenters. The zero-order valence-electron chi connectivity index (χ0n) is 21.5. The van der Waals surface area contributed by atoms with E-state index in [4.69, 9.17) is 25.8 Å². The lowest BCUT2D eigenvalue weighted by atomic mass is 10.0. The second-order valence-electron chi connectivity index (χ2n) is 8.15. The molecule has 39 heavy (non-hydrogen) atoms. The van der Waals surface area contributed by atoms with Crippen LogP contribution in [0.25, 0.3) is 10.8 Å². The fourth-order valence-electron chi connectivity index (χ4n) is 3.90. The Morgan fingerprint density at radius 1 is 0.846 bits per heavy atom. The van der Waals surface area contributed by atoms with Crippen LogP contribution in [0.4, 0.5) is 17.1 Å². The zero-order chi connectivity index (χ0) is 28.1. The molecule has 4 aromatic rings. The number of rotatable bonds is 8. The number of carbonyl (C=O) groups is 2. The number of nitrogens with one attached hydrogen (secondary N) is 2. The summed E-state index contributed by atoms with van der Waals surface area (Å²) < 4.78 is 15.9. The Labute approximate surface area is 229 Å². The van der Waals surface area contributed by atoms with Crippen molar-refractivity contribution in [3.8, 4) is 23.0 Å². The molecule has 0 saturated carbocycles. The summed E-state index contributed by atoms with van der Waals surface area (Å²) in [6.07, 6.45) is 0. The van der Waals surface area contributed by atoms with Crippen molar-refractivity contribution in [2.75, 3.05) is 33.7 Å². The molecule has 2 amide bonds. The van der Waals surface area contributed by atoms with Crippen LogP contribution < -0.4 is 24.8 Å². The lowest BCUT2D eigenvalue weighted by Crippen LogP contribution is -2.17. The maximum atomic E-state index is 13.4. The van der Waals surface area contributed by atoms with Crippen LogP contribution in [0.3, 0.4) is 0 Å². The molecule has 3 N–H and O–H groups in total. The molecule has 11 heteroatoms. The van der Waals surface area contributed by atoms with Crippen molar-refractivity contribution in [3.63, 3.8) is 0 Å². The molecule has 0 aliphatic carbocycles. The Bertz CT molecular complexity index is 1610. The van der Waals surface area contributed by atoms with Crippen molar-refractivity contribution in [1.29, 1.82) is 0 Å². The third kappa shape index (κ3) is 5.55. The number of azo groups is 1. The van der Waals surface area contributed by atoms with Gasteiger partial charge in [-0.25, -0.2) is 0 Å². The van der Waals surface area contributed by atoms with Crippen LogP contribution in [0.2, 0.25) is 5.02 Å². The van der Waals surface area contributed by atoms with E-state index in [0.29, 0.717) is 33.6 Å². The normalized spacial score (nSPS) is 10.9. The predicted octanol–water partition coefficient (Wildman–Crippen LogP) is 6.25. The first-order chi connectivity index (χ1) is 18.8. The molecule has 0 fully saturated rings. The number of phenols is 1. The van der Waals surface area contributed by atoms with Gasteiger partial charge in [-0.05, 0) is 35.7 Å². The molecule has 0 radical (unpaired) electrons. The quantitative estimate of drug-likeness (QED) is 0.223. The van der Waals surface area contributed by atoms with Gasteiger partial charge in [0.15, 0.2) is 5.75 Å². The molecule has 4 rings (SSSR count). The van der Waals surface area contributed by atoms with Gasteiger partial charge in [0.2, 0.25) is 0 Å². The van der Waals surface area contributed by atoms with Crippen molar-refractivity contribution >= 4 is 51.2 Å². The van der Waals surface area contributed by atoms with Crippen LogP contribution in [0.5, 0.6) is 23.0 Å². The molecule has 200 valence electrons. The van der Waals surface area contributed by atoms with E-state index >= 15 is 0 Å². The van der Waals surface area contributed by atoms with Crippen LogP contribution in [0, 0.1) is 0 Å². The number of fused-ring (bicyclic) bond motifs is 1. The highest BCUT2D eigenvalue weighted by atomic mass is 35.5. The highest BCUT2D eigenvalue weighted by Crippen LogP contribution is 2.41. The van der Waals surface area contributed by atoms with Crippen LogP contribution in [0.15, 0.2) is 70.9 Å². The average Bonchev–Trinajstić information content (AvgIpc) is 2.95. The minimum absolute atomic E-state index is 0.0530. The second kappa shape index (κ2) is 11.7. The molecule has 0 aromatic heterocycles. The standard InChI is InChI=1S/C28H25ClN4O6/c1-30-27(35)16-9-10-22(37-2)21(12-16)32-33-25-17-8-6-5-7-15(17)11-18(26(25)34)28(36)31-20-13-19(29)23(38-3)14-24(20)39-4/h5-14,34H,1-4H3,(H,30,35)(H,31,36). The van der Waals surface area contributed by atoms with Crippen molar-refractivity contribution in [2.45, 2.75) is 0 Å². The van der Waals surface area contributed by atoms with Crippen molar-refractivity contribution in [2.24, 2.45) is 10.2 Å². The van der Waals surface area contributed by atoms with E-state index in [0.717, 1.165) is 0 Å². The van der Waals surface area contributed by atoms with Gasteiger partial charge in [-0.1, -0.05) is 35.9 Å². The summed E-state index contributed by atoms with van der Waals surface area (Å²) in [7, 11) is 5.89. The molecular weight excluding hydrogens is 524 g/mol. The molecule has 0 saturated heterocycles.